The number of hydrogen-bond donors (Lipinski definition) is 2. The van der Waals surface area contributed by atoms with E-state index >= 15 is 0 Å². The molecule has 0 amide bonds. The van der Waals surface area contributed by atoms with Gasteiger partial charge in [-0.1, -0.05) is 28.4 Å². The SMILES string of the molecule is COCN(COC)C1=C(S(=O)C(F)(F)F)C(C(N)=NO)(c2c(Cl)cc(C(F)(F)F)cc2Cl)N=N1. The maximum Gasteiger partial charge on any atom is 0.475 e. The highest BCUT2D eigenvalue weighted by Crippen LogP contribution is 2.52. The third-order valence-corrected chi connectivity index (χ3v) is 6.17. The number of amidine groups is 1. The summed E-state index contributed by atoms with van der Waals surface area (Å²) in [6.07, 6.45) is -4.93. The van der Waals surface area contributed by atoms with Gasteiger partial charge in [0.15, 0.2) is 22.5 Å². The quantitative estimate of drug-likeness (QED) is 0.122. The van der Waals surface area contributed by atoms with Gasteiger partial charge in [0.05, 0.1) is 5.56 Å². The van der Waals surface area contributed by atoms with Crippen molar-refractivity contribution in [2.24, 2.45) is 21.1 Å². The van der Waals surface area contributed by atoms with E-state index in [2.05, 4.69) is 15.4 Å². The topological polar surface area (TPSA) is 122 Å². The van der Waals surface area contributed by atoms with Gasteiger partial charge in [0.2, 0.25) is 5.54 Å². The average molecular weight is 558 g/mol. The van der Waals surface area contributed by atoms with Crippen molar-refractivity contribution in [1.82, 2.24) is 4.90 Å². The van der Waals surface area contributed by atoms with Gasteiger partial charge in [0, 0.05) is 29.8 Å². The van der Waals surface area contributed by atoms with Crippen molar-refractivity contribution in [1.29, 1.82) is 0 Å². The molecule has 1 aliphatic rings. The third-order valence-electron chi connectivity index (χ3n) is 4.30. The van der Waals surface area contributed by atoms with Crippen LogP contribution in [0.15, 0.2) is 38.2 Å². The summed E-state index contributed by atoms with van der Waals surface area (Å²) in [5.41, 5.74) is -4.80. The van der Waals surface area contributed by atoms with Crippen molar-refractivity contribution >= 4 is 39.8 Å². The summed E-state index contributed by atoms with van der Waals surface area (Å²) < 4.78 is 103. The summed E-state index contributed by atoms with van der Waals surface area (Å²) in [6.45, 7) is -0.914. The van der Waals surface area contributed by atoms with Crippen LogP contribution in [0.4, 0.5) is 26.3 Å². The number of oxime groups is 1. The van der Waals surface area contributed by atoms with Gasteiger partial charge in [0.25, 0.3) is 0 Å². The predicted octanol–water partition coefficient (Wildman–Crippen LogP) is 4.37. The van der Waals surface area contributed by atoms with Crippen LogP contribution < -0.4 is 5.73 Å². The molecule has 1 heterocycles. The summed E-state index contributed by atoms with van der Waals surface area (Å²) in [6, 6.07) is 0.692. The molecule has 1 aromatic rings. The number of benzene rings is 1. The second kappa shape index (κ2) is 10.2. The van der Waals surface area contributed by atoms with Gasteiger partial charge >= 0.3 is 11.7 Å². The van der Waals surface area contributed by atoms with E-state index in [0.717, 1.165) is 4.90 Å². The van der Waals surface area contributed by atoms with Crippen molar-refractivity contribution in [2.45, 2.75) is 17.2 Å². The fourth-order valence-corrected chi connectivity index (χ4v) is 4.84. The van der Waals surface area contributed by atoms with E-state index in [-0.39, 0.29) is 0 Å². The Hall–Kier alpha value is -2.14. The number of nitrogens with zero attached hydrogens (tertiary/aromatic N) is 4. The van der Waals surface area contributed by atoms with Crippen molar-refractivity contribution < 1.29 is 45.2 Å². The lowest BCUT2D eigenvalue weighted by Gasteiger charge is -2.30. The molecule has 0 saturated carbocycles. The molecule has 34 heavy (non-hydrogen) atoms. The second-order valence-corrected chi connectivity index (χ2v) is 8.67. The summed E-state index contributed by atoms with van der Waals surface area (Å²) in [5, 5.41) is 17.5. The van der Waals surface area contributed by atoms with Crippen LogP contribution in [0.1, 0.15) is 11.1 Å². The number of rotatable bonds is 8. The fourth-order valence-electron chi connectivity index (χ4n) is 3.00. The van der Waals surface area contributed by atoms with Gasteiger partial charge < -0.3 is 25.3 Å². The highest BCUT2D eigenvalue weighted by atomic mass is 35.5. The number of methoxy groups -OCH3 is 2. The van der Waals surface area contributed by atoms with Crippen LogP contribution in [0.5, 0.6) is 0 Å². The first-order valence-electron chi connectivity index (χ1n) is 8.60. The normalized spacial score (nSPS) is 20.2. The molecule has 2 unspecified atom stereocenters. The highest BCUT2D eigenvalue weighted by Gasteiger charge is 2.58. The fraction of sp³-hybridized carbons (Fsp3) is 0.438. The Bertz CT molecular complexity index is 1040. The summed E-state index contributed by atoms with van der Waals surface area (Å²) >= 11 is 12.0. The first kappa shape index (κ1) is 28.1. The predicted molar refractivity (Wildman–Crippen MR) is 108 cm³/mol. The average Bonchev–Trinajstić information content (AvgIpc) is 3.11. The zero-order valence-electron chi connectivity index (χ0n) is 17.0. The number of ether oxygens (including phenoxy) is 2. The Morgan fingerprint density at radius 3 is 2.06 bits per heavy atom. The highest BCUT2D eigenvalue weighted by molar-refractivity contribution is 7.90. The lowest BCUT2D eigenvalue weighted by molar-refractivity contribution is -0.137. The minimum absolute atomic E-state index is 0.346. The van der Waals surface area contributed by atoms with Gasteiger partial charge in [-0.2, -0.15) is 31.5 Å². The zero-order chi connectivity index (χ0) is 26.1. The van der Waals surface area contributed by atoms with E-state index in [1.54, 1.807) is 0 Å². The summed E-state index contributed by atoms with van der Waals surface area (Å²) in [7, 11) is -1.62. The molecule has 190 valence electrons. The minimum Gasteiger partial charge on any atom is -0.409 e. The summed E-state index contributed by atoms with van der Waals surface area (Å²) in [5.74, 6) is -1.89. The number of azo groups is 1. The van der Waals surface area contributed by atoms with Gasteiger partial charge in [-0.3, -0.25) is 0 Å². The first-order chi connectivity index (χ1) is 15.7. The number of hydrogen-bond acceptors (Lipinski definition) is 8. The van der Waals surface area contributed by atoms with Crippen molar-refractivity contribution in [3.05, 3.63) is 44.0 Å². The van der Waals surface area contributed by atoms with Crippen LogP contribution in [0.3, 0.4) is 0 Å². The zero-order valence-corrected chi connectivity index (χ0v) is 19.4. The van der Waals surface area contributed by atoms with Crippen LogP contribution in [0.25, 0.3) is 0 Å². The largest absolute Gasteiger partial charge is 0.475 e. The molecule has 3 N–H and O–H groups in total. The Morgan fingerprint density at radius 1 is 1.18 bits per heavy atom. The molecular weight excluding hydrogens is 543 g/mol. The summed E-state index contributed by atoms with van der Waals surface area (Å²) in [4.78, 5) is -0.325. The van der Waals surface area contributed by atoms with Crippen LogP contribution in [0, 0.1) is 0 Å². The van der Waals surface area contributed by atoms with Crippen molar-refractivity contribution in [2.75, 3.05) is 27.7 Å². The molecule has 2 atom stereocenters. The first-order valence-corrected chi connectivity index (χ1v) is 10.5. The molecule has 18 heteroatoms. The monoisotopic (exact) mass is 557 g/mol. The third kappa shape index (κ3) is 5.10. The van der Waals surface area contributed by atoms with E-state index in [0.29, 0.717) is 12.1 Å². The molecule has 0 spiro atoms. The van der Waals surface area contributed by atoms with Crippen molar-refractivity contribution in [3.8, 4) is 0 Å². The molecule has 0 fully saturated rings. The maximum atomic E-state index is 13.7. The molecule has 0 aromatic heterocycles. The second-order valence-electron chi connectivity index (χ2n) is 6.45. The molecule has 0 radical (unpaired) electrons. The Balaban J connectivity index is 3.02. The molecule has 9 nitrogen and oxygen atoms in total. The van der Waals surface area contributed by atoms with Crippen LogP contribution in [-0.2, 0) is 32.0 Å². The van der Waals surface area contributed by atoms with E-state index in [9.17, 15) is 35.8 Å². The number of nitrogens with two attached hydrogens (primary N) is 1. The van der Waals surface area contributed by atoms with Gasteiger partial charge in [-0.25, -0.2) is 4.21 Å². The van der Waals surface area contributed by atoms with Crippen molar-refractivity contribution in [3.63, 3.8) is 0 Å². The van der Waals surface area contributed by atoms with Gasteiger partial charge in [-0.15, -0.1) is 5.11 Å². The van der Waals surface area contributed by atoms with Crippen LogP contribution >= 0.6 is 23.2 Å². The lowest BCUT2D eigenvalue weighted by Crippen LogP contribution is -2.45. The van der Waals surface area contributed by atoms with E-state index in [1.807, 2.05) is 0 Å². The maximum absolute atomic E-state index is 13.7. The number of halogens is 8. The molecule has 1 aliphatic heterocycles. The molecule has 0 saturated heterocycles. The van der Waals surface area contributed by atoms with E-state index in [4.69, 9.17) is 38.4 Å². The minimum atomic E-state index is -5.45. The lowest BCUT2D eigenvalue weighted by atomic mass is 9.88. The van der Waals surface area contributed by atoms with Gasteiger partial charge in [-0.05, 0) is 12.1 Å². The van der Waals surface area contributed by atoms with E-state index < -0.39 is 79.2 Å². The molecule has 0 bridgehead atoms. The van der Waals surface area contributed by atoms with Crippen LogP contribution in [-0.4, -0.2) is 53.3 Å². The Kier molecular flexibility index (Phi) is 8.46. The van der Waals surface area contributed by atoms with Gasteiger partial charge in [0.1, 0.15) is 18.4 Å². The molecule has 2 rings (SSSR count). The molecule has 1 aromatic carbocycles. The van der Waals surface area contributed by atoms with E-state index in [1.165, 1.54) is 14.2 Å². The Labute approximate surface area is 200 Å². The Morgan fingerprint density at radius 2 is 1.68 bits per heavy atom. The number of alkyl halides is 6. The molecule has 0 aliphatic carbocycles. The smallest absolute Gasteiger partial charge is 0.409 e. The standard InChI is InChI=1S/C16H15Cl2F6N5O4S/c1-32-5-29(6-33-2)12-11(34(31)16(22,23)24)14(28-26-12,13(25)27-30)10-8(17)3-7(4-9(10)18)15(19,20)21/h3-4,30H,5-6H2,1-2H3,(H2,25,27). The van der Waals surface area contributed by atoms with Crippen LogP contribution in [0.2, 0.25) is 10.0 Å². The molecular formula is C16H15Cl2F6N5O4S.